The number of nitrogens with zero attached hydrogens (tertiary/aromatic N) is 1. The predicted octanol–water partition coefficient (Wildman–Crippen LogP) is 1.33. The summed E-state index contributed by atoms with van der Waals surface area (Å²) in [6, 6.07) is 0. The van der Waals surface area contributed by atoms with Crippen molar-refractivity contribution in [1.29, 1.82) is 0 Å². The van der Waals surface area contributed by atoms with E-state index in [9.17, 15) is 0 Å². The van der Waals surface area contributed by atoms with Crippen molar-refractivity contribution in [3.05, 3.63) is 0 Å². The summed E-state index contributed by atoms with van der Waals surface area (Å²) in [5.41, 5.74) is 0.772. The highest BCUT2D eigenvalue weighted by atomic mass is 15.1. The van der Waals surface area contributed by atoms with E-state index in [2.05, 4.69) is 24.3 Å². The summed E-state index contributed by atoms with van der Waals surface area (Å²) in [7, 11) is 4.32. The van der Waals surface area contributed by atoms with Crippen LogP contribution in [0.2, 0.25) is 0 Å². The average molecular weight is 182 g/mol. The van der Waals surface area contributed by atoms with E-state index in [1.165, 1.54) is 45.3 Å². The average Bonchev–Trinajstić information content (AvgIpc) is 2.07. The molecule has 0 unspecified atom stereocenters. The minimum atomic E-state index is 0.772. The lowest BCUT2D eigenvalue weighted by Crippen LogP contribution is -2.48. The van der Waals surface area contributed by atoms with Gasteiger partial charge in [-0.3, -0.25) is 0 Å². The highest BCUT2D eigenvalue weighted by Gasteiger charge is 2.44. The Hall–Kier alpha value is -0.0800. The number of likely N-dealkylation sites (tertiary alicyclic amines) is 1. The van der Waals surface area contributed by atoms with Gasteiger partial charge in [-0.2, -0.15) is 0 Å². The second-order valence-electron chi connectivity index (χ2n) is 5.14. The van der Waals surface area contributed by atoms with E-state index in [4.69, 9.17) is 0 Å². The summed E-state index contributed by atoms with van der Waals surface area (Å²) in [5.74, 6) is 0.980. The van der Waals surface area contributed by atoms with Gasteiger partial charge in [0.2, 0.25) is 0 Å². The molecule has 2 nitrogen and oxygen atoms in total. The van der Waals surface area contributed by atoms with Gasteiger partial charge in [0, 0.05) is 0 Å². The Bertz CT molecular complexity index is 163. The molecule has 1 spiro atoms. The van der Waals surface area contributed by atoms with Crippen molar-refractivity contribution >= 4 is 0 Å². The molecular weight excluding hydrogens is 160 g/mol. The van der Waals surface area contributed by atoms with Gasteiger partial charge in [0.25, 0.3) is 0 Å². The fourth-order valence-electron chi connectivity index (χ4n) is 3.10. The lowest BCUT2D eigenvalue weighted by molar-refractivity contribution is -0.00548. The monoisotopic (exact) mass is 182 g/mol. The molecule has 13 heavy (non-hydrogen) atoms. The van der Waals surface area contributed by atoms with Crippen LogP contribution in [-0.4, -0.2) is 38.6 Å². The maximum absolute atomic E-state index is 3.29. The van der Waals surface area contributed by atoms with Crippen molar-refractivity contribution in [2.75, 3.05) is 33.7 Å². The topological polar surface area (TPSA) is 15.3 Å². The molecule has 0 atom stereocenters. The third-order valence-electron chi connectivity index (χ3n) is 3.98. The molecule has 1 saturated carbocycles. The fourth-order valence-corrected chi connectivity index (χ4v) is 3.10. The zero-order valence-corrected chi connectivity index (χ0v) is 8.97. The molecule has 1 aliphatic carbocycles. The quantitative estimate of drug-likeness (QED) is 0.693. The largest absolute Gasteiger partial charge is 0.319 e. The number of hydrogen-bond donors (Lipinski definition) is 1. The van der Waals surface area contributed by atoms with Crippen LogP contribution in [0.5, 0.6) is 0 Å². The van der Waals surface area contributed by atoms with Crippen LogP contribution in [-0.2, 0) is 0 Å². The van der Waals surface area contributed by atoms with Gasteiger partial charge in [-0.1, -0.05) is 0 Å². The first-order valence-electron chi connectivity index (χ1n) is 5.57. The summed E-state index contributed by atoms with van der Waals surface area (Å²) >= 11 is 0. The van der Waals surface area contributed by atoms with Crippen LogP contribution < -0.4 is 5.32 Å². The number of hydrogen-bond acceptors (Lipinski definition) is 2. The van der Waals surface area contributed by atoms with Crippen LogP contribution in [0.15, 0.2) is 0 Å². The molecule has 0 aromatic rings. The van der Waals surface area contributed by atoms with Gasteiger partial charge >= 0.3 is 0 Å². The number of rotatable bonds is 2. The van der Waals surface area contributed by atoms with E-state index in [1.807, 2.05) is 0 Å². The lowest BCUT2D eigenvalue weighted by Gasteiger charge is -2.52. The lowest BCUT2D eigenvalue weighted by atomic mass is 9.57. The molecule has 0 aromatic carbocycles. The molecule has 0 bridgehead atoms. The fraction of sp³-hybridized carbons (Fsp3) is 1.00. The van der Waals surface area contributed by atoms with E-state index in [0.717, 1.165) is 11.3 Å². The molecule has 0 aromatic heterocycles. The highest BCUT2D eigenvalue weighted by molar-refractivity contribution is 4.96. The first-order valence-corrected chi connectivity index (χ1v) is 5.57. The van der Waals surface area contributed by atoms with Crippen LogP contribution in [0.25, 0.3) is 0 Å². The van der Waals surface area contributed by atoms with Gasteiger partial charge in [-0.15, -0.1) is 0 Å². The maximum atomic E-state index is 3.29. The third kappa shape index (κ3) is 1.89. The number of piperidine rings is 1. The van der Waals surface area contributed by atoms with Crippen LogP contribution in [0, 0.1) is 11.3 Å². The molecule has 76 valence electrons. The molecule has 2 fully saturated rings. The Morgan fingerprint density at radius 3 is 2.46 bits per heavy atom. The van der Waals surface area contributed by atoms with Gasteiger partial charge in [0.15, 0.2) is 0 Å². The third-order valence-corrected chi connectivity index (χ3v) is 3.98. The standard InChI is InChI=1S/C11H22N2/c1-12-9-10-7-11(8-10)3-5-13(2)6-4-11/h10,12H,3-9H2,1-2H3. The second-order valence-corrected chi connectivity index (χ2v) is 5.14. The molecule has 2 rings (SSSR count). The Labute approximate surface area is 81.7 Å². The van der Waals surface area contributed by atoms with Crippen molar-refractivity contribution in [2.45, 2.75) is 25.7 Å². The summed E-state index contributed by atoms with van der Waals surface area (Å²) in [4.78, 5) is 2.47. The highest BCUT2D eigenvalue weighted by Crippen LogP contribution is 2.51. The van der Waals surface area contributed by atoms with E-state index in [1.54, 1.807) is 0 Å². The summed E-state index contributed by atoms with van der Waals surface area (Å²) in [6.07, 6.45) is 5.87. The van der Waals surface area contributed by atoms with Crippen molar-refractivity contribution in [1.82, 2.24) is 10.2 Å². The van der Waals surface area contributed by atoms with E-state index < -0.39 is 0 Å². The van der Waals surface area contributed by atoms with Crippen molar-refractivity contribution in [3.63, 3.8) is 0 Å². The first kappa shape index (κ1) is 9.47. The summed E-state index contributed by atoms with van der Waals surface area (Å²) in [6.45, 7) is 3.89. The molecule has 2 heteroatoms. The van der Waals surface area contributed by atoms with Crippen molar-refractivity contribution in [2.24, 2.45) is 11.3 Å². The second kappa shape index (κ2) is 3.58. The van der Waals surface area contributed by atoms with Crippen LogP contribution in [0.1, 0.15) is 25.7 Å². The number of nitrogens with one attached hydrogen (secondary N) is 1. The Balaban J connectivity index is 1.76. The minimum absolute atomic E-state index is 0.772. The van der Waals surface area contributed by atoms with Crippen molar-refractivity contribution in [3.8, 4) is 0 Å². The molecule has 0 radical (unpaired) electrons. The molecule has 1 N–H and O–H groups in total. The van der Waals surface area contributed by atoms with Crippen molar-refractivity contribution < 1.29 is 0 Å². The normalized spacial score (nSPS) is 29.1. The van der Waals surface area contributed by atoms with Gasteiger partial charge in [0.05, 0.1) is 0 Å². The molecule has 0 amide bonds. The molecule has 2 aliphatic rings. The van der Waals surface area contributed by atoms with Gasteiger partial charge in [-0.25, -0.2) is 0 Å². The van der Waals surface area contributed by atoms with Crippen LogP contribution >= 0.6 is 0 Å². The van der Waals surface area contributed by atoms with Crippen LogP contribution in [0.4, 0.5) is 0 Å². The predicted molar refractivity (Wildman–Crippen MR) is 55.8 cm³/mol. The van der Waals surface area contributed by atoms with Crippen LogP contribution in [0.3, 0.4) is 0 Å². The molecular formula is C11H22N2. The first-order chi connectivity index (χ1) is 6.24. The Morgan fingerprint density at radius 1 is 1.31 bits per heavy atom. The zero-order chi connectivity index (χ0) is 9.31. The van der Waals surface area contributed by atoms with Gasteiger partial charge in [0.1, 0.15) is 0 Å². The minimum Gasteiger partial charge on any atom is -0.319 e. The smallest absolute Gasteiger partial charge is 0.00165 e. The molecule has 1 saturated heterocycles. The summed E-state index contributed by atoms with van der Waals surface area (Å²) in [5, 5.41) is 3.29. The maximum Gasteiger partial charge on any atom is -0.00165 e. The molecule has 1 heterocycles. The van der Waals surface area contributed by atoms with E-state index in [-0.39, 0.29) is 0 Å². The zero-order valence-electron chi connectivity index (χ0n) is 8.97. The SMILES string of the molecule is CNCC1CC2(CCN(C)CC2)C1. The Kier molecular flexibility index (Phi) is 2.61. The van der Waals surface area contributed by atoms with Gasteiger partial charge < -0.3 is 10.2 Å². The van der Waals surface area contributed by atoms with Gasteiger partial charge in [-0.05, 0) is 70.7 Å². The Morgan fingerprint density at radius 2 is 1.92 bits per heavy atom. The summed E-state index contributed by atoms with van der Waals surface area (Å²) < 4.78 is 0. The molecule has 1 aliphatic heterocycles. The van der Waals surface area contributed by atoms with E-state index in [0.29, 0.717) is 0 Å². The van der Waals surface area contributed by atoms with E-state index >= 15 is 0 Å².